The van der Waals surface area contributed by atoms with Crippen molar-refractivity contribution < 1.29 is 9.72 Å². The van der Waals surface area contributed by atoms with Gasteiger partial charge in [0.1, 0.15) is 6.04 Å². The minimum atomic E-state index is -0.697. The number of nitro benzene ring substituents is 1. The molecule has 3 aromatic rings. The first-order valence-corrected chi connectivity index (χ1v) is 11.6. The zero-order valence-electron chi connectivity index (χ0n) is 19.2. The number of benzene rings is 2. The van der Waals surface area contributed by atoms with Gasteiger partial charge in [0.2, 0.25) is 5.95 Å². The van der Waals surface area contributed by atoms with E-state index in [-0.39, 0.29) is 11.5 Å². The number of nitrogens with zero attached hydrogens (tertiary/aromatic N) is 5. The van der Waals surface area contributed by atoms with E-state index in [2.05, 4.69) is 24.1 Å². The van der Waals surface area contributed by atoms with Crippen molar-refractivity contribution in [1.29, 1.82) is 0 Å². The number of carbonyl (C=O) groups is 1. The van der Waals surface area contributed by atoms with Crippen LogP contribution in [-0.4, -0.2) is 38.6 Å². The summed E-state index contributed by atoms with van der Waals surface area (Å²) in [6.07, 6.45) is 1.85. The Morgan fingerprint density at radius 1 is 1.12 bits per heavy atom. The van der Waals surface area contributed by atoms with Gasteiger partial charge in [0.25, 0.3) is 5.69 Å². The molecule has 0 spiro atoms. The maximum absolute atomic E-state index is 13.0. The van der Waals surface area contributed by atoms with Gasteiger partial charge in [-0.1, -0.05) is 12.1 Å². The first-order chi connectivity index (χ1) is 16.5. The number of nitro groups is 1. The number of para-hydroxylation sites is 1. The highest BCUT2D eigenvalue weighted by Crippen LogP contribution is 2.43. The Balaban J connectivity index is 1.62. The van der Waals surface area contributed by atoms with E-state index < -0.39 is 11.0 Å². The van der Waals surface area contributed by atoms with Gasteiger partial charge >= 0.3 is 0 Å². The highest BCUT2D eigenvalue weighted by Gasteiger charge is 2.39. The molecule has 0 saturated carbocycles. The number of rotatable bonds is 6. The predicted molar refractivity (Wildman–Crippen MR) is 130 cm³/mol. The van der Waals surface area contributed by atoms with Crippen LogP contribution in [0.2, 0.25) is 0 Å². The summed E-state index contributed by atoms with van der Waals surface area (Å²) < 4.78 is 1.62. The first-order valence-electron chi connectivity index (χ1n) is 11.6. The Hall–Kier alpha value is -4.01. The van der Waals surface area contributed by atoms with Crippen LogP contribution in [0, 0.1) is 10.1 Å². The van der Waals surface area contributed by atoms with E-state index in [0.29, 0.717) is 35.8 Å². The molecule has 0 amide bonds. The largest absolute Gasteiger partial charge is 0.372 e. The molecule has 1 aliphatic carbocycles. The van der Waals surface area contributed by atoms with E-state index in [1.165, 1.54) is 6.07 Å². The Labute approximate surface area is 197 Å². The van der Waals surface area contributed by atoms with E-state index in [1.807, 2.05) is 24.3 Å². The Morgan fingerprint density at radius 3 is 2.56 bits per heavy atom. The summed E-state index contributed by atoms with van der Waals surface area (Å²) in [6, 6.07) is 13.9. The molecule has 2 heterocycles. The molecule has 174 valence electrons. The molecule has 0 radical (unpaired) electrons. The highest BCUT2D eigenvalue weighted by atomic mass is 16.6. The molecule has 1 unspecified atom stereocenters. The second-order valence-corrected chi connectivity index (χ2v) is 8.44. The van der Waals surface area contributed by atoms with Gasteiger partial charge in [-0.15, -0.1) is 5.10 Å². The van der Waals surface area contributed by atoms with E-state index >= 15 is 0 Å². The second kappa shape index (κ2) is 8.74. The highest BCUT2D eigenvalue weighted by molar-refractivity contribution is 5.99. The van der Waals surface area contributed by atoms with Crippen molar-refractivity contribution in [3.05, 3.63) is 75.5 Å². The number of carbonyl (C=O) groups excluding carboxylic acids is 1. The fraction of sp³-hybridized carbons (Fsp3) is 0.320. The van der Waals surface area contributed by atoms with Crippen LogP contribution in [0.15, 0.2) is 59.8 Å². The molecule has 1 aliphatic heterocycles. The van der Waals surface area contributed by atoms with E-state index in [9.17, 15) is 14.9 Å². The summed E-state index contributed by atoms with van der Waals surface area (Å²) >= 11 is 0. The zero-order valence-corrected chi connectivity index (χ0v) is 19.2. The average Bonchev–Trinajstić information content (AvgIpc) is 3.28. The van der Waals surface area contributed by atoms with Crippen LogP contribution in [-0.2, 0) is 4.79 Å². The minimum Gasteiger partial charge on any atom is -0.372 e. The molecule has 9 heteroatoms. The number of Topliss-reactive ketones (excluding diaryl/α,β-unsaturated/α-hetero) is 1. The SMILES string of the molecule is CCN(CC)c1ccc(-c2nc3n(n2)C(c2ccccc2[N+](=O)[O-])C2=C(CCCC2=O)N3)cc1. The number of ketones is 1. The maximum Gasteiger partial charge on any atom is 0.275 e. The summed E-state index contributed by atoms with van der Waals surface area (Å²) in [4.78, 5) is 31.4. The predicted octanol–water partition coefficient (Wildman–Crippen LogP) is 4.72. The van der Waals surface area contributed by atoms with Crippen LogP contribution < -0.4 is 10.2 Å². The van der Waals surface area contributed by atoms with Crippen molar-refractivity contribution in [3.63, 3.8) is 0 Å². The minimum absolute atomic E-state index is 0.0109. The van der Waals surface area contributed by atoms with Crippen molar-refractivity contribution in [1.82, 2.24) is 14.8 Å². The summed E-state index contributed by atoms with van der Waals surface area (Å²) in [5, 5.41) is 19.8. The molecule has 0 saturated heterocycles. The smallest absolute Gasteiger partial charge is 0.275 e. The molecule has 1 aromatic heterocycles. The molecule has 1 N–H and O–H groups in total. The number of allylic oxidation sites excluding steroid dienone is 2. The zero-order chi connectivity index (χ0) is 23.8. The Bertz CT molecular complexity index is 1290. The Morgan fingerprint density at radius 2 is 1.85 bits per heavy atom. The topological polar surface area (TPSA) is 106 Å². The second-order valence-electron chi connectivity index (χ2n) is 8.44. The van der Waals surface area contributed by atoms with Crippen molar-refractivity contribution in [2.75, 3.05) is 23.3 Å². The summed E-state index contributed by atoms with van der Waals surface area (Å²) in [7, 11) is 0. The summed E-state index contributed by atoms with van der Waals surface area (Å²) in [5.41, 5.74) is 3.68. The molecule has 34 heavy (non-hydrogen) atoms. The van der Waals surface area contributed by atoms with Crippen LogP contribution >= 0.6 is 0 Å². The Kier molecular flexibility index (Phi) is 5.61. The van der Waals surface area contributed by atoms with Crippen LogP contribution in [0.25, 0.3) is 11.4 Å². The van der Waals surface area contributed by atoms with Gasteiger partial charge in [-0.3, -0.25) is 14.9 Å². The quantitative estimate of drug-likeness (QED) is 0.421. The van der Waals surface area contributed by atoms with Gasteiger partial charge in [-0.05, 0) is 57.0 Å². The molecule has 2 aliphatic rings. The summed E-state index contributed by atoms with van der Waals surface area (Å²) in [6.45, 7) is 6.07. The van der Waals surface area contributed by atoms with Crippen molar-refractivity contribution >= 4 is 23.1 Å². The van der Waals surface area contributed by atoms with Gasteiger partial charge in [0.05, 0.1) is 10.5 Å². The fourth-order valence-electron chi connectivity index (χ4n) is 4.86. The number of hydrogen-bond acceptors (Lipinski definition) is 7. The molecular weight excluding hydrogens is 432 g/mol. The molecule has 5 rings (SSSR count). The number of aromatic nitrogens is 3. The average molecular weight is 459 g/mol. The standard InChI is InChI=1S/C25H26N6O3/c1-3-29(4-2)17-14-12-16(13-15-17)24-27-25-26-19-9-7-11-21(32)22(19)23(30(25)28-24)18-8-5-6-10-20(18)31(33)34/h5-6,8,10,12-15,23H,3-4,7,9,11H2,1-2H3,(H,26,27,28). The van der Waals surface area contributed by atoms with E-state index in [4.69, 9.17) is 10.1 Å². The van der Waals surface area contributed by atoms with Crippen molar-refractivity contribution in [2.24, 2.45) is 0 Å². The molecular formula is C25H26N6O3. The van der Waals surface area contributed by atoms with Gasteiger partial charge in [0, 0.05) is 48.1 Å². The van der Waals surface area contributed by atoms with Crippen LogP contribution in [0.4, 0.5) is 17.3 Å². The third kappa shape index (κ3) is 3.63. The van der Waals surface area contributed by atoms with E-state index in [1.54, 1.807) is 22.9 Å². The lowest BCUT2D eigenvalue weighted by Gasteiger charge is -2.31. The van der Waals surface area contributed by atoms with Gasteiger partial charge in [-0.25, -0.2) is 4.68 Å². The number of nitrogens with one attached hydrogen (secondary N) is 1. The normalized spacial score (nSPS) is 17.1. The van der Waals surface area contributed by atoms with Crippen molar-refractivity contribution in [2.45, 2.75) is 39.2 Å². The number of fused-ring (bicyclic) bond motifs is 1. The summed E-state index contributed by atoms with van der Waals surface area (Å²) in [5.74, 6) is 0.979. The monoisotopic (exact) mass is 458 g/mol. The molecule has 2 aromatic carbocycles. The van der Waals surface area contributed by atoms with E-state index in [0.717, 1.165) is 36.5 Å². The maximum atomic E-state index is 13.0. The molecule has 9 nitrogen and oxygen atoms in total. The lowest BCUT2D eigenvalue weighted by molar-refractivity contribution is -0.385. The number of hydrogen-bond donors (Lipinski definition) is 1. The van der Waals surface area contributed by atoms with Crippen LogP contribution in [0.3, 0.4) is 0 Å². The molecule has 0 bridgehead atoms. The molecule has 0 fully saturated rings. The van der Waals surface area contributed by atoms with Crippen LogP contribution in [0.1, 0.15) is 44.7 Å². The molecule has 1 atom stereocenters. The van der Waals surface area contributed by atoms with Gasteiger partial charge < -0.3 is 10.2 Å². The lowest BCUT2D eigenvalue weighted by atomic mass is 9.85. The van der Waals surface area contributed by atoms with Gasteiger partial charge in [0.15, 0.2) is 11.6 Å². The lowest BCUT2D eigenvalue weighted by Crippen LogP contribution is -2.31. The van der Waals surface area contributed by atoms with Crippen molar-refractivity contribution in [3.8, 4) is 11.4 Å². The number of anilines is 2. The third-order valence-corrected chi connectivity index (χ3v) is 6.55. The first kappa shape index (κ1) is 21.8. The third-order valence-electron chi connectivity index (χ3n) is 6.55. The van der Waals surface area contributed by atoms with Crippen LogP contribution in [0.5, 0.6) is 0 Å². The van der Waals surface area contributed by atoms with Gasteiger partial charge in [-0.2, -0.15) is 4.98 Å². The fourth-order valence-corrected chi connectivity index (χ4v) is 4.86.